The highest BCUT2D eigenvalue weighted by Crippen LogP contribution is 2.27. The fraction of sp³-hybridized carbons (Fsp3) is 0.348. The molecule has 0 bridgehead atoms. The Morgan fingerprint density at radius 3 is 2.77 bits per heavy atom. The first-order valence-corrected chi connectivity index (χ1v) is 10.1. The number of rotatable bonds is 6. The number of carbonyl (C=O) groups excluding carboxylic acids is 1. The van der Waals surface area contributed by atoms with E-state index in [0.29, 0.717) is 30.4 Å². The van der Waals surface area contributed by atoms with E-state index < -0.39 is 0 Å². The van der Waals surface area contributed by atoms with Crippen molar-refractivity contribution < 1.29 is 18.8 Å². The zero-order valence-corrected chi connectivity index (χ0v) is 17.2. The first kappa shape index (κ1) is 20.1. The van der Waals surface area contributed by atoms with E-state index >= 15 is 0 Å². The molecule has 2 aromatic heterocycles. The standard InChI is InChI=1S/C23H25N3O4/c1-15-4-3-5-17(12-15)22-20(16(2)30-26-22)14-29-21-7-6-18(13-24-21)23(27)25-19-8-10-28-11-9-19/h3-7,12-13,19H,8-11,14H2,1-2H3,(H,25,27). The van der Waals surface area contributed by atoms with Crippen LogP contribution < -0.4 is 10.1 Å². The quantitative estimate of drug-likeness (QED) is 0.668. The van der Waals surface area contributed by atoms with Gasteiger partial charge in [0, 0.05) is 37.1 Å². The van der Waals surface area contributed by atoms with Crippen LogP contribution in [0.4, 0.5) is 0 Å². The molecule has 0 radical (unpaired) electrons. The Morgan fingerprint density at radius 1 is 1.20 bits per heavy atom. The number of nitrogens with one attached hydrogen (secondary N) is 1. The van der Waals surface area contributed by atoms with Gasteiger partial charge in [-0.3, -0.25) is 4.79 Å². The molecule has 3 heterocycles. The molecule has 1 saturated heterocycles. The summed E-state index contributed by atoms with van der Waals surface area (Å²) in [6.07, 6.45) is 3.20. The molecule has 1 amide bonds. The molecule has 156 valence electrons. The number of ether oxygens (including phenoxy) is 2. The maximum absolute atomic E-state index is 12.4. The van der Waals surface area contributed by atoms with Crippen molar-refractivity contribution in [3.63, 3.8) is 0 Å². The molecule has 0 aliphatic carbocycles. The molecule has 30 heavy (non-hydrogen) atoms. The second-order valence-electron chi connectivity index (χ2n) is 7.47. The van der Waals surface area contributed by atoms with Crippen molar-refractivity contribution in [3.8, 4) is 17.1 Å². The Hall–Kier alpha value is -3.19. The number of pyridine rings is 1. The van der Waals surface area contributed by atoms with Crippen molar-refractivity contribution >= 4 is 5.91 Å². The van der Waals surface area contributed by atoms with Crippen molar-refractivity contribution in [1.82, 2.24) is 15.5 Å². The molecule has 1 aliphatic rings. The highest BCUT2D eigenvalue weighted by molar-refractivity contribution is 5.94. The van der Waals surface area contributed by atoms with E-state index in [-0.39, 0.29) is 18.6 Å². The van der Waals surface area contributed by atoms with Gasteiger partial charge in [0.1, 0.15) is 18.1 Å². The van der Waals surface area contributed by atoms with Crippen LogP contribution in [0.3, 0.4) is 0 Å². The van der Waals surface area contributed by atoms with Crippen LogP contribution >= 0.6 is 0 Å². The van der Waals surface area contributed by atoms with Gasteiger partial charge < -0.3 is 19.3 Å². The summed E-state index contributed by atoms with van der Waals surface area (Å²) in [5.41, 5.74) is 4.29. The number of hydrogen-bond donors (Lipinski definition) is 1. The average Bonchev–Trinajstić information content (AvgIpc) is 3.13. The maximum atomic E-state index is 12.4. The van der Waals surface area contributed by atoms with Gasteiger partial charge in [-0.1, -0.05) is 28.9 Å². The normalized spacial score (nSPS) is 14.5. The molecule has 0 atom stereocenters. The third-order valence-corrected chi connectivity index (χ3v) is 5.20. The summed E-state index contributed by atoms with van der Waals surface area (Å²) < 4.78 is 16.6. The van der Waals surface area contributed by atoms with Crippen molar-refractivity contribution in [1.29, 1.82) is 0 Å². The van der Waals surface area contributed by atoms with Gasteiger partial charge in [0.15, 0.2) is 0 Å². The van der Waals surface area contributed by atoms with Crippen LogP contribution in [0.1, 0.15) is 40.1 Å². The smallest absolute Gasteiger partial charge is 0.253 e. The van der Waals surface area contributed by atoms with Crippen LogP contribution in [-0.4, -0.2) is 35.3 Å². The molecule has 3 aromatic rings. The molecule has 0 spiro atoms. The van der Waals surface area contributed by atoms with Crippen LogP contribution in [0.5, 0.6) is 5.88 Å². The third kappa shape index (κ3) is 4.68. The number of aryl methyl sites for hydroxylation is 2. The topological polar surface area (TPSA) is 86.5 Å². The lowest BCUT2D eigenvalue weighted by molar-refractivity contribution is 0.0696. The Kier molecular flexibility index (Phi) is 6.09. The summed E-state index contributed by atoms with van der Waals surface area (Å²) >= 11 is 0. The lowest BCUT2D eigenvalue weighted by Gasteiger charge is -2.23. The van der Waals surface area contributed by atoms with Gasteiger partial charge in [0.05, 0.1) is 11.1 Å². The van der Waals surface area contributed by atoms with Crippen molar-refractivity contribution in [2.75, 3.05) is 13.2 Å². The Morgan fingerprint density at radius 2 is 2.03 bits per heavy atom. The van der Waals surface area contributed by atoms with Gasteiger partial charge in [-0.15, -0.1) is 0 Å². The van der Waals surface area contributed by atoms with Crippen LogP contribution in [-0.2, 0) is 11.3 Å². The second-order valence-corrected chi connectivity index (χ2v) is 7.47. The van der Waals surface area contributed by atoms with Crippen molar-refractivity contribution in [3.05, 3.63) is 65.0 Å². The molecule has 0 unspecified atom stereocenters. The Balaban J connectivity index is 1.40. The molecule has 1 aliphatic heterocycles. The summed E-state index contributed by atoms with van der Waals surface area (Å²) in [4.78, 5) is 16.7. The van der Waals surface area contributed by atoms with Crippen molar-refractivity contribution in [2.45, 2.75) is 39.3 Å². The lowest BCUT2D eigenvalue weighted by atomic mass is 10.0. The predicted octanol–water partition coefficient (Wildman–Crippen LogP) is 3.84. The minimum atomic E-state index is -0.127. The second kappa shape index (κ2) is 9.09. The number of nitrogens with zero attached hydrogens (tertiary/aromatic N) is 2. The van der Waals surface area contributed by atoms with Gasteiger partial charge in [-0.05, 0) is 38.8 Å². The molecule has 7 nitrogen and oxygen atoms in total. The van der Waals surface area contributed by atoms with Crippen LogP contribution in [0.25, 0.3) is 11.3 Å². The summed E-state index contributed by atoms with van der Waals surface area (Å²) in [6.45, 7) is 5.54. The van der Waals surface area contributed by atoms with Gasteiger partial charge in [-0.25, -0.2) is 4.98 Å². The number of aromatic nitrogens is 2. The van der Waals surface area contributed by atoms with Gasteiger partial charge in [0.25, 0.3) is 5.91 Å². The van der Waals surface area contributed by atoms with E-state index in [1.807, 2.05) is 32.0 Å². The number of amides is 1. The average molecular weight is 407 g/mol. The number of hydrogen-bond acceptors (Lipinski definition) is 6. The van der Waals surface area contributed by atoms with E-state index in [0.717, 1.165) is 35.2 Å². The predicted molar refractivity (Wildman–Crippen MR) is 111 cm³/mol. The zero-order chi connectivity index (χ0) is 20.9. The lowest BCUT2D eigenvalue weighted by Crippen LogP contribution is -2.38. The van der Waals surface area contributed by atoms with Gasteiger partial charge >= 0.3 is 0 Å². The maximum Gasteiger partial charge on any atom is 0.253 e. The van der Waals surface area contributed by atoms with E-state index in [4.69, 9.17) is 14.0 Å². The first-order valence-electron chi connectivity index (χ1n) is 10.1. The monoisotopic (exact) mass is 407 g/mol. The molecular weight excluding hydrogens is 382 g/mol. The largest absolute Gasteiger partial charge is 0.473 e. The zero-order valence-electron chi connectivity index (χ0n) is 17.2. The van der Waals surface area contributed by atoms with Gasteiger partial charge in [-0.2, -0.15) is 0 Å². The third-order valence-electron chi connectivity index (χ3n) is 5.20. The van der Waals surface area contributed by atoms with Crippen LogP contribution in [0.2, 0.25) is 0 Å². The Bertz CT molecular complexity index is 1010. The van der Waals surface area contributed by atoms with E-state index in [1.165, 1.54) is 6.20 Å². The fourth-order valence-electron chi connectivity index (χ4n) is 3.44. The molecule has 4 rings (SSSR count). The first-order chi connectivity index (χ1) is 14.6. The number of carbonyl (C=O) groups is 1. The highest BCUT2D eigenvalue weighted by atomic mass is 16.5. The molecule has 7 heteroatoms. The van der Waals surface area contributed by atoms with E-state index in [2.05, 4.69) is 21.5 Å². The molecule has 1 N–H and O–H groups in total. The van der Waals surface area contributed by atoms with Crippen molar-refractivity contribution in [2.24, 2.45) is 0 Å². The SMILES string of the molecule is Cc1cccc(-c2noc(C)c2COc2ccc(C(=O)NC3CCOCC3)cn2)c1. The molecular formula is C23H25N3O4. The Labute approximate surface area is 175 Å². The fourth-order valence-corrected chi connectivity index (χ4v) is 3.44. The summed E-state index contributed by atoms with van der Waals surface area (Å²) in [7, 11) is 0. The van der Waals surface area contributed by atoms with Crippen LogP contribution in [0.15, 0.2) is 47.1 Å². The molecule has 1 aromatic carbocycles. The summed E-state index contributed by atoms with van der Waals surface area (Å²) in [6, 6.07) is 11.7. The summed E-state index contributed by atoms with van der Waals surface area (Å²) in [5, 5.41) is 7.22. The van der Waals surface area contributed by atoms with E-state index in [9.17, 15) is 4.79 Å². The van der Waals surface area contributed by atoms with E-state index in [1.54, 1.807) is 12.1 Å². The molecule has 1 fully saturated rings. The minimum absolute atomic E-state index is 0.127. The molecule has 0 saturated carbocycles. The minimum Gasteiger partial charge on any atom is -0.473 e. The highest BCUT2D eigenvalue weighted by Gasteiger charge is 2.18. The van der Waals surface area contributed by atoms with Crippen LogP contribution in [0, 0.1) is 13.8 Å². The van der Waals surface area contributed by atoms with Gasteiger partial charge in [0.2, 0.25) is 5.88 Å². The summed E-state index contributed by atoms with van der Waals surface area (Å²) in [5.74, 6) is 1.02. The number of benzene rings is 1.